The molecule has 0 unspecified atom stereocenters. The van der Waals surface area contributed by atoms with Gasteiger partial charge in [0.25, 0.3) is 0 Å². The lowest BCUT2D eigenvalue weighted by atomic mass is 10.3. The maximum absolute atomic E-state index is 6.06. The average molecular weight is 348 g/mol. The van der Waals surface area contributed by atoms with E-state index in [4.69, 9.17) is 27.9 Å². The monoisotopic (exact) mass is 346 g/mol. The van der Waals surface area contributed by atoms with E-state index in [9.17, 15) is 0 Å². The van der Waals surface area contributed by atoms with Crippen LogP contribution in [-0.2, 0) is 0 Å². The Balaban J connectivity index is 2.43. The van der Waals surface area contributed by atoms with Gasteiger partial charge in [0, 0.05) is 10.0 Å². The summed E-state index contributed by atoms with van der Waals surface area (Å²) in [7, 11) is 0. The van der Waals surface area contributed by atoms with Gasteiger partial charge in [0.1, 0.15) is 16.7 Å². The molecule has 0 saturated heterocycles. The van der Waals surface area contributed by atoms with Crippen LogP contribution in [0.4, 0.5) is 0 Å². The van der Waals surface area contributed by atoms with Crippen molar-refractivity contribution in [2.24, 2.45) is 0 Å². The number of aromatic nitrogens is 2. The van der Waals surface area contributed by atoms with Gasteiger partial charge in [-0.05, 0) is 32.0 Å². The van der Waals surface area contributed by atoms with Crippen molar-refractivity contribution in [2.75, 3.05) is 0 Å². The fourth-order valence-electron chi connectivity index (χ4n) is 1.33. The molecule has 0 radical (unpaired) electrons. The third-order valence-electron chi connectivity index (χ3n) is 2.25. The molecule has 0 saturated carbocycles. The molecule has 1 aromatic carbocycles. The Morgan fingerprint density at radius 2 is 1.89 bits per heavy atom. The quantitative estimate of drug-likeness (QED) is 0.720. The Morgan fingerprint density at radius 1 is 1.17 bits per heavy atom. The molecule has 3 nitrogen and oxygen atoms in total. The summed E-state index contributed by atoms with van der Waals surface area (Å²) < 4.78 is 6.56. The minimum atomic E-state index is 0.378. The van der Waals surface area contributed by atoms with E-state index in [-0.39, 0.29) is 0 Å². The third kappa shape index (κ3) is 2.94. The molecule has 1 heterocycles. The predicted molar refractivity (Wildman–Crippen MR) is 75.7 cm³/mol. The Morgan fingerprint density at radius 3 is 2.61 bits per heavy atom. The summed E-state index contributed by atoms with van der Waals surface area (Å²) in [5.41, 5.74) is 0.679. The van der Waals surface area contributed by atoms with E-state index >= 15 is 0 Å². The van der Waals surface area contributed by atoms with E-state index in [0.29, 0.717) is 33.2 Å². The lowest BCUT2D eigenvalue weighted by Gasteiger charge is -2.10. The average Bonchev–Trinajstić information content (AvgIpc) is 2.30. The second kappa shape index (κ2) is 5.43. The summed E-state index contributed by atoms with van der Waals surface area (Å²) >= 11 is 15.4. The first-order valence-corrected chi connectivity index (χ1v) is 6.66. The molecule has 0 bridgehead atoms. The van der Waals surface area contributed by atoms with Crippen LogP contribution in [0.15, 0.2) is 22.7 Å². The van der Waals surface area contributed by atoms with Gasteiger partial charge in [-0.15, -0.1) is 0 Å². The molecule has 0 amide bonds. The van der Waals surface area contributed by atoms with Crippen molar-refractivity contribution in [3.63, 3.8) is 0 Å². The number of rotatable bonds is 2. The number of aryl methyl sites for hydroxylation is 1. The Hall–Kier alpha value is -0.840. The molecule has 94 valence electrons. The molecule has 0 N–H and O–H groups in total. The first-order valence-electron chi connectivity index (χ1n) is 5.11. The van der Waals surface area contributed by atoms with Gasteiger partial charge >= 0.3 is 0 Å². The van der Waals surface area contributed by atoms with Crippen molar-refractivity contribution in [2.45, 2.75) is 13.8 Å². The van der Waals surface area contributed by atoms with E-state index < -0.39 is 0 Å². The fourth-order valence-corrected chi connectivity index (χ4v) is 2.03. The van der Waals surface area contributed by atoms with Crippen molar-refractivity contribution in [3.8, 4) is 11.6 Å². The van der Waals surface area contributed by atoms with E-state index in [2.05, 4.69) is 25.9 Å². The van der Waals surface area contributed by atoms with Crippen LogP contribution in [0.25, 0.3) is 0 Å². The largest absolute Gasteiger partial charge is 0.437 e. The summed E-state index contributed by atoms with van der Waals surface area (Å²) in [4.78, 5) is 8.26. The highest BCUT2D eigenvalue weighted by molar-refractivity contribution is 9.10. The molecular formula is C12H9BrCl2N2O. The van der Waals surface area contributed by atoms with Gasteiger partial charge in [-0.2, -0.15) is 4.98 Å². The summed E-state index contributed by atoms with van der Waals surface area (Å²) in [5.74, 6) is 1.47. The second-order valence-electron chi connectivity index (χ2n) is 3.67. The third-order valence-corrected chi connectivity index (χ3v) is 3.43. The van der Waals surface area contributed by atoms with Crippen LogP contribution in [0, 0.1) is 13.8 Å². The Labute approximate surface area is 123 Å². The lowest BCUT2D eigenvalue weighted by Crippen LogP contribution is -1.97. The molecule has 2 aromatic rings. The standard InChI is InChI=1S/C12H9BrCl2N2O/c1-6-11(15)16-7(2)17-12(6)18-10-5-8(13)3-4-9(10)14/h3-5H,1-2H3. The van der Waals surface area contributed by atoms with Gasteiger partial charge in [0.2, 0.25) is 5.88 Å². The minimum Gasteiger partial charge on any atom is -0.437 e. The molecule has 0 aliphatic carbocycles. The normalized spacial score (nSPS) is 10.5. The smallest absolute Gasteiger partial charge is 0.227 e. The van der Waals surface area contributed by atoms with E-state index in [1.165, 1.54) is 0 Å². The number of nitrogens with zero attached hydrogens (tertiary/aromatic N) is 2. The van der Waals surface area contributed by atoms with Gasteiger partial charge in [0.05, 0.1) is 5.02 Å². The summed E-state index contributed by atoms with van der Waals surface area (Å²) in [6.45, 7) is 3.55. The second-order valence-corrected chi connectivity index (χ2v) is 5.35. The maximum Gasteiger partial charge on any atom is 0.227 e. The number of hydrogen-bond donors (Lipinski definition) is 0. The van der Waals surface area contributed by atoms with E-state index in [0.717, 1.165) is 4.47 Å². The van der Waals surface area contributed by atoms with Crippen LogP contribution >= 0.6 is 39.1 Å². The van der Waals surface area contributed by atoms with E-state index in [1.54, 1.807) is 26.0 Å². The zero-order valence-electron chi connectivity index (χ0n) is 9.67. The van der Waals surface area contributed by atoms with Crippen molar-refractivity contribution in [1.29, 1.82) is 0 Å². The molecular weight excluding hydrogens is 339 g/mol. The van der Waals surface area contributed by atoms with Crippen molar-refractivity contribution >= 4 is 39.1 Å². The predicted octanol–water partition coefficient (Wildman–Crippen LogP) is 4.96. The molecule has 0 fully saturated rings. The zero-order valence-corrected chi connectivity index (χ0v) is 12.8. The highest BCUT2D eigenvalue weighted by atomic mass is 79.9. The summed E-state index contributed by atoms with van der Waals surface area (Å²) in [6, 6.07) is 5.35. The fraction of sp³-hybridized carbons (Fsp3) is 0.167. The van der Waals surface area contributed by atoms with Gasteiger partial charge in [-0.25, -0.2) is 4.98 Å². The van der Waals surface area contributed by atoms with Crippen LogP contribution in [0.3, 0.4) is 0 Å². The minimum absolute atomic E-state index is 0.378. The topological polar surface area (TPSA) is 35.0 Å². The van der Waals surface area contributed by atoms with Crippen LogP contribution in [0.1, 0.15) is 11.4 Å². The summed E-state index contributed by atoms with van der Waals surface area (Å²) in [5, 5.41) is 0.883. The molecule has 2 rings (SSSR count). The number of halogens is 3. The highest BCUT2D eigenvalue weighted by Crippen LogP contribution is 2.33. The van der Waals surface area contributed by atoms with Gasteiger partial charge in [-0.1, -0.05) is 39.1 Å². The Bertz CT molecular complexity index is 605. The van der Waals surface area contributed by atoms with Gasteiger partial charge in [0.15, 0.2) is 0 Å². The van der Waals surface area contributed by atoms with Crippen molar-refractivity contribution < 1.29 is 4.74 Å². The SMILES string of the molecule is Cc1nc(Cl)c(C)c(Oc2cc(Br)ccc2Cl)n1. The molecule has 0 aliphatic heterocycles. The first-order chi connectivity index (χ1) is 8.47. The molecule has 0 aliphatic rings. The van der Waals surface area contributed by atoms with Crippen LogP contribution in [0.2, 0.25) is 10.2 Å². The first kappa shape index (κ1) is 13.6. The number of hydrogen-bond acceptors (Lipinski definition) is 3. The zero-order chi connectivity index (χ0) is 13.3. The number of ether oxygens (including phenoxy) is 1. The molecule has 0 atom stereocenters. The van der Waals surface area contributed by atoms with Gasteiger partial charge in [-0.3, -0.25) is 0 Å². The van der Waals surface area contributed by atoms with Crippen LogP contribution in [-0.4, -0.2) is 9.97 Å². The van der Waals surface area contributed by atoms with Crippen LogP contribution < -0.4 is 4.74 Å². The molecule has 1 aromatic heterocycles. The van der Waals surface area contributed by atoms with Crippen molar-refractivity contribution in [3.05, 3.63) is 44.2 Å². The highest BCUT2D eigenvalue weighted by Gasteiger charge is 2.11. The van der Waals surface area contributed by atoms with Crippen molar-refractivity contribution in [1.82, 2.24) is 9.97 Å². The maximum atomic E-state index is 6.06. The molecule has 6 heteroatoms. The molecule has 18 heavy (non-hydrogen) atoms. The van der Waals surface area contributed by atoms with Crippen LogP contribution in [0.5, 0.6) is 11.6 Å². The molecule has 0 spiro atoms. The van der Waals surface area contributed by atoms with E-state index in [1.807, 2.05) is 6.07 Å². The summed E-state index contributed by atoms with van der Waals surface area (Å²) in [6.07, 6.45) is 0. The number of benzene rings is 1. The Kier molecular flexibility index (Phi) is 4.10. The van der Waals surface area contributed by atoms with Gasteiger partial charge < -0.3 is 4.74 Å². The lowest BCUT2D eigenvalue weighted by molar-refractivity contribution is 0.455.